The Bertz CT molecular complexity index is 397. The molecule has 2 aromatic heterocycles. The summed E-state index contributed by atoms with van der Waals surface area (Å²) in [5, 5.41) is 4.08. The lowest BCUT2D eigenvalue weighted by atomic mass is 10.4. The first-order valence-corrected chi connectivity index (χ1v) is 5.22. The topological polar surface area (TPSA) is 37.8 Å². The average Bonchev–Trinajstić information content (AvgIpc) is 2.68. The minimum Gasteiger partial charge on any atom is -0.315 e. The summed E-state index contributed by atoms with van der Waals surface area (Å²) in [5.41, 5.74) is 0.944. The second-order valence-corrected chi connectivity index (χ2v) is 3.99. The third-order valence-electron chi connectivity index (χ3n) is 1.79. The number of hydrogen-bond acceptors (Lipinski definition) is 4. The van der Waals surface area contributed by atoms with Crippen molar-refractivity contribution in [1.82, 2.24) is 15.3 Å². The number of rotatable bonds is 3. The summed E-state index contributed by atoms with van der Waals surface area (Å²) < 4.78 is 0. The molecule has 0 bridgehead atoms. The van der Waals surface area contributed by atoms with E-state index >= 15 is 0 Å². The van der Waals surface area contributed by atoms with Crippen molar-refractivity contribution in [1.29, 1.82) is 0 Å². The molecule has 14 heavy (non-hydrogen) atoms. The molecular weight excluding hydrogens is 194 g/mol. The van der Waals surface area contributed by atoms with Crippen LogP contribution in [0, 0.1) is 0 Å². The molecule has 0 saturated heterocycles. The van der Waals surface area contributed by atoms with Gasteiger partial charge in [0.2, 0.25) is 0 Å². The van der Waals surface area contributed by atoms with Crippen LogP contribution in [0.5, 0.6) is 0 Å². The van der Waals surface area contributed by atoms with Crippen molar-refractivity contribution in [2.75, 3.05) is 7.05 Å². The summed E-state index contributed by atoms with van der Waals surface area (Å²) in [6.07, 6.45) is 3.68. The van der Waals surface area contributed by atoms with Crippen LogP contribution in [0.1, 0.15) is 4.88 Å². The van der Waals surface area contributed by atoms with Crippen molar-refractivity contribution >= 4 is 11.3 Å². The van der Waals surface area contributed by atoms with Crippen LogP contribution >= 0.6 is 11.3 Å². The van der Waals surface area contributed by atoms with Gasteiger partial charge in [0.1, 0.15) is 5.01 Å². The molecule has 72 valence electrons. The molecule has 0 fully saturated rings. The third kappa shape index (κ3) is 1.97. The van der Waals surface area contributed by atoms with Crippen molar-refractivity contribution in [3.05, 3.63) is 35.5 Å². The van der Waals surface area contributed by atoms with Gasteiger partial charge < -0.3 is 5.32 Å². The summed E-state index contributed by atoms with van der Waals surface area (Å²) in [4.78, 5) is 9.80. The fraction of sp³-hybridized carbons (Fsp3) is 0.200. The molecule has 0 aliphatic heterocycles. The predicted octanol–water partition coefficient (Wildman–Crippen LogP) is 1.92. The fourth-order valence-electron chi connectivity index (χ4n) is 1.17. The summed E-state index contributed by atoms with van der Waals surface area (Å²) >= 11 is 1.67. The van der Waals surface area contributed by atoms with Gasteiger partial charge in [0.05, 0.1) is 5.69 Å². The van der Waals surface area contributed by atoms with Crippen LogP contribution in [0.15, 0.2) is 30.6 Å². The fourth-order valence-corrected chi connectivity index (χ4v) is 2.07. The molecule has 2 heterocycles. The van der Waals surface area contributed by atoms with E-state index in [4.69, 9.17) is 0 Å². The van der Waals surface area contributed by atoms with Crippen LogP contribution in [0.3, 0.4) is 0 Å². The highest BCUT2D eigenvalue weighted by Gasteiger charge is 2.03. The van der Waals surface area contributed by atoms with Crippen molar-refractivity contribution in [2.45, 2.75) is 6.54 Å². The Morgan fingerprint density at radius 3 is 3.00 bits per heavy atom. The third-order valence-corrected chi connectivity index (χ3v) is 2.81. The van der Waals surface area contributed by atoms with E-state index in [1.165, 1.54) is 4.88 Å². The van der Waals surface area contributed by atoms with Crippen molar-refractivity contribution in [3.63, 3.8) is 0 Å². The maximum absolute atomic E-state index is 4.32. The molecule has 0 spiro atoms. The smallest absolute Gasteiger partial charge is 0.142 e. The summed E-state index contributed by atoms with van der Waals surface area (Å²) in [7, 11) is 1.93. The largest absolute Gasteiger partial charge is 0.315 e. The van der Waals surface area contributed by atoms with Gasteiger partial charge in [-0.1, -0.05) is 6.07 Å². The van der Waals surface area contributed by atoms with Crippen LogP contribution in [0.2, 0.25) is 0 Å². The Balaban J connectivity index is 2.25. The first kappa shape index (κ1) is 9.30. The lowest BCUT2D eigenvalue weighted by molar-refractivity contribution is 0.829. The second kappa shape index (κ2) is 4.30. The Hall–Kier alpha value is -1.26. The monoisotopic (exact) mass is 205 g/mol. The van der Waals surface area contributed by atoms with Gasteiger partial charge in [-0.15, -0.1) is 11.3 Å². The molecule has 0 aliphatic carbocycles. The van der Waals surface area contributed by atoms with Gasteiger partial charge in [0.25, 0.3) is 0 Å². The van der Waals surface area contributed by atoms with E-state index in [0.717, 1.165) is 17.2 Å². The maximum Gasteiger partial charge on any atom is 0.142 e. The molecule has 0 aromatic carbocycles. The van der Waals surface area contributed by atoms with E-state index in [-0.39, 0.29) is 0 Å². The van der Waals surface area contributed by atoms with E-state index in [0.29, 0.717) is 0 Å². The predicted molar refractivity (Wildman–Crippen MR) is 58.1 cm³/mol. The van der Waals surface area contributed by atoms with E-state index in [2.05, 4.69) is 15.3 Å². The molecule has 0 radical (unpaired) electrons. The Labute approximate surface area is 86.8 Å². The number of nitrogens with one attached hydrogen (secondary N) is 1. The van der Waals surface area contributed by atoms with Crippen LogP contribution in [0.25, 0.3) is 10.7 Å². The van der Waals surface area contributed by atoms with E-state index in [1.54, 1.807) is 17.5 Å². The van der Waals surface area contributed by atoms with Crippen molar-refractivity contribution in [3.8, 4) is 10.7 Å². The normalized spacial score (nSPS) is 10.4. The van der Waals surface area contributed by atoms with Crippen LogP contribution < -0.4 is 5.32 Å². The highest BCUT2D eigenvalue weighted by molar-refractivity contribution is 7.14. The van der Waals surface area contributed by atoms with Crippen LogP contribution in [-0.2, 0) is 6.54 Å². The average molecular weight is 205 g/mol. The summed E-state index contributed by atoms with van der Waals surface area (Å²) in [6, 6.07) is 5.86. The standard InChI is InChI=1S/C10H11N3S/c1-11-6-8-7-13-10(14-8)9-4-2-3-5-12-9/h2-5,7,11H,6H2,1H3. The van der Waals surface area contributed by atoms with E-state index in [1.807, 2.05) is 31.4 Å². The molecule has 2 rings (SSSR count). The molecule has 0 atom stereocenters. The van der Waals surface area contributed by atoms with Crippen molar-refractivity contribution in [2.24, 2.45) is 0 Å². The zero-order valence-electron chi connectivity index (χ0n) is 7.90. The van der Waals surface area contributed by atoms with Crippen molar-refractivity contribution < 1.29 is 0 Å². The number of thiazole rings is 1. The Kier molecular flexibility index (Phi) is 2.86. The number of pyridine rings is 1. The highest BCUT2D eigenvalue weighted by atomic mass is 32.1. The van der Waals surface area contributed by atoms with E-state index < -0.39 is 0 Å². The molecule has 0 aliphatic rings. The Morgan fingerprint density at radius 2 is 2.29 bits per heavy atom. The highest BCUT2D eigenvalue weighted by Crippen LogP contribution is 2.22. The first-order chi connectivity index (χ1) is 6.90. The van der Waals surface area contributed by atoms with Gasteiger partial charge in [-0.25, -0.2) is 4.98 Å². The molecule has 3 nitrogen and oxygen atoms in total. The molecular formula is C10H11N3S. The van der Waals surface area contributed by atoms with Gasteiger partial charge in [0.15, 0.2) is 0 Å². The first-order valence-electron chi connectivity index (χ1n) is 4.41. The van der Waals surface area contributed by atoms with Crippen LogP contribution in [-0.4, -0.2) is 17.0 Å². The van der Waals surface area contributed by atoms with Gasteiger partial charge in [0, 0.05) is 23.8 Å². The van der Waals surface area contributed by atoms with Gasteiger partial charge >= 0.3 is 0 Å². The quantitative estimate of drug-likeness (QED) is 0.832. The zero-order chi connectivity index (χ0) is 9.80. The summed E-state index contributed by atoms with van der Waals surface area (Å²) in [6.45, 7) is 0.866. The molecule has 0 saturated carbocycles. The Morgan fingerprint density at radius 1 is 1.36 bits per heavy atom. The minimum atomic E-state index is 0.866. The molecule has 0 unspecified atom stereocenters. The molecule has 2 aromatic rings. The maximum atomic E-state index is 4.32. The zero-order valence-corrected chi connectivity index (χ0v) is 8.71. The second-order valence-electron chi connectivity index (χ2n) is 2.88. The number of hydrogen-bond donors (Lipinski definition) is 1. The van der Waals surface area contributed by atoms with Gasteiger partial charge in [-0.05, 0) is 19.2 Å². The molecule has 0 amide bonds. The lowest BCUT2D eigenvalue weighted by Crippen LogP contribution is -2.02. The SMILES string of the molecule is CNCc1cnc(-c2ccccn2)s1. The van der Waals surface area contributed by atoms with Gasteiger partial charge in [-0.2, -0.15) is 0 Å². The molecule has 4 heteroatoms. The minimum absolute atomic E-state index is 0.866. The lowest BCUT2D eigenvalue weighted by Gasteiger charge is -1.92. The molecule has 1 N–H and O–H groups in total. The number of nitrogens with zero attached hydrogens (tertiary/aromatic N) is 2. The van der Waals surface area contributed by atoms with E-state index in [9.17, 15) is 0 Å². The number of aromatic nitrogens is 2. The van der Waals surface area contributed by atoms with Gasteiger partial charge in [-0.3, -0.25) is 4.98 Å². The summed E-state index contributed by atoms with van der Waals surface area (Å²) in [5.74, 6) is 0. The van der Waals surface area contributed by atoms with Crippen LogP contribution in [0.4, 0.5) is 0 Å².